The molecule has 0 radical (unpaired) electrons. The number of hydrogen-bond donors (Lipinski definition) is 4. The van der Waals surface area contributed by atoms with Crippen molar-refractivity contribution in [3.63, 3.8) is 0 Å². The summed E-state index contributed by atoms with van der Waals surface area (Å²) in [6, 6.07) is 25.8. The Balaban J connectivity index is 0.000000198. The van der Waals surface area contributed by atoms with Gasteiger partial charge in [-0.2, -0.15) is 40.9 Å². The topological polar surface area (TPSA) is 81.4 Å². The number of benzene rings is 4. The van der Waals surface area contributed by atoms with Gasteiger partial charge in [-0.05, 0) is 41.8 Å². The van der Waals surface area contributed by atoms with Crippen LogP contribution in [0.25, 0.3) is 44.1 Å². The van der Waals surface area contributed by atoms with E-state index in [-0.39, 0.29) is 16.7 Å². The molecule has 0 saturated carbocycles. The maximum Gasteiger partial charge on any atom is 0.459 e. The van der Waals surface area contributed by atoms with Crippen LogP contribution >= 0.6 is 23.2 Å². The van der Waals surface area contributed by atoms with Crippen LogP contribution in [-0.2, 0) is 0 Å². The number of anilines is 2. The van der Waals surface area contributed by atoms with Gasteiger partial charge in [0.2, 0.25) is 0 Å². The molecule has 0 spiro atoms. The van der Waals surface area contributed by atoms with Crippen molar-refractivity contribution in [2.24, 2.45) is 0 Å². The molecule has 2 aromatic heterocycles. The number of H-pyrrole nitrogens is 2. The van der Waals surface area contributed by atoms with Gasteiger partial charge in [-0.3, -0.25) is 10.2 Å². The Kier molecular flexibility index (Phi) is 10.1. The molecule has 0 atom stereocenters. The van der Waals surface area contributed by atoms with Gasteiger partial charge in [0, 0.05) is 28.4 Å². The molecule has 0 aliphatic heterocycles. The lowest BCUT2D eigenvalue weighted by Crippen LogP contribution is -2.55. The van der Waals surface area contributed by atoms with Gasteiger partial charge in [0.05, 0.1) is 27.6 Å². The number of fused-ring (bicyclic) bond motifs is 2. The third-order valence-electron chi connectivity index (χ3n) is 7.31. The standard InChI is InChI=1S/C17H11ClF7N3.C16H16ClN3/c18-12-7-13-11(6-10(12)9-4-2-1-3-5-9)14(28-27-13)26-8-15(19,20)16(21,22)17(23,24)25;1-2-8-18-16-13-9-12(11-6-4-3-5-7-11)14(17)10-15(13)19-20-16/h1-7H,8H2,(H2,26,27,28);3-7,9-10H,2,8H2,1H3,(H2,18,19,20). The highest BCUT2D eigenvalue weighted by Gasteiger charge is 2.72. The summed E-state index contributed by atoms with van der Waals surface area (Å²) in [6.07, 6.45) is -5.33. The second kappa shape index (κ2) is 13.9. The van der Waals surface area contributed by atoms with E-state index >= 15 is 0 Å². The molecule has 15 heteroatoms. The fraction of sp³-hybridized carbons (Fsp3) is 0.212. The zero-order valence-corrected chi connectivity index (χ0v) is 26.5. The van der Waals surface area contributed by atoms with Crippen LogP contribution in [0.2, 0.25) is 10.0 Å². The zero-order valence-electron chi connectivity index (χ0n) is 25.0. The number of nitrogens with one attached hydrogen (secondary N) is 4. The number of nitrogens with zero attached hydrogens (tertiary/aromatic N) is 2. The molecule has 6 aromatic rings. The van der Waals surface area contributed by atoms with Gasteiger partial charge in [-0.1, -0.05) is 90.8 Å². The van der Waals surface area contributed by atoms with E-state index < -0.39 is 24.6 Å². The van der Waals surface area contributed by atoms with Crippen LogP contribution in [0.3, 0.4) is 0 Å². The molecule has 6 nitrogen and oxygen atoms in total. The number of aromatic amines is 2. The van der Waals surface area contributed by atoms with Crippen molar-refractivity contribution in [2.45, 2.75) is 31.4 Å². The minimum atomic E-state index is -6.39. The molecule has 0 saturated heterocycles. The molecule has 0 unspecified atom stereocenters. The highest BCUT2D eigenvalue weighted by atomic mass is 35.5. The first-order chi connectivity index (χ1) is 22.7. The highest BCUT2D eigenvalue weighted by Crippen LogP contribution is 2.46. The van der Waals surface area contributed by atoms with E-state index in [0.717, 1.165) is 45.8 Å². The second-order valence-corrected chi connectivity index (χ2v) is 11.5. The fourth-order valence-corrected chi connectivity index (χ4v) is 5.33. The van der Waals surface area contributed by atoms with E-state index in [1.807, 2.05) is 29.6 Å². The smallest absolute Gasteiger partial charge is 0.368 e. The lowest BCUT2D eigenvalue weighted by Gasteiger charge is -2.28. The Morgan fingerprint density at radius 3 is 1.50 bits per heavy atom. The Bertz CT molecular complexity index is 1990. The number of rotatable bonds is 9. The average molecular weight is 712 g/mol. The third kappa shape index (κ3) is 7.16. The van der Waals surface area contributed by atoms with Crippen LogP contribution in [0.4, 0.5) is 42.4 Å². The lowest BCUT2D eigenvalue weighted by atomic mass is 10.0. The first-order valence-electron chi connectivity index (χ1n) is 14.5. The van der Waals surface area contributed by atoms with Crippen LogP contribution in [-0.4, -0.2) is 51.5 Å². The van der Waals surface area contributed by atoms with E-state index in [4.69, 9.17) is 23.2 Å². The Morgan fingerprint density at radius 2 is 1.08 bits per heavy atom. The number of alkyl halides is 7. The predicted molar refractivity (Wildman–Crippen MR) is 176 cm³/mol. The molecule has 0 bridgehead atoms. The van der Waals surface area contributed by atoms with Crippen molar-refractivity contribution in [3.05, 3.63) is 95.0 Å². The van der Waals surface area contributed by atoms with E-state index in [1.165, 1.54) is 12.1 Å². The van der Waals surface area contributed by atoms with Gasteiger partial charge >= 0.3 is 18.0 Å². The van der Waals surface area contributed by atoms with Crippen LogP contribution in [0, 0.1) is 0 Å². The zero-order chi connectivity index (χ0) is 34.7. The average Bonchev–Trinajstić information content (AvgIpc) is 3.65. The summed E-state index contributed by atoms with van der Waals surface area (Å²) in [7, 11) is 0. The molecule has 0 aliphatic carbocycles. The van der Waals surface area contributed by atoms with E-state index in [0.29, 0.717) is 16.1 Å². The van der Waals surface area contributed by atoms with Crippen molar-refractivity contribution < 1.29 is 30.7 Å². The Morgan fingerprint density at radius 1 is 0.646 bits per heavy atom. The summed E-state index contributed by atoms with van der Waals surface area (Å²) in [4.78, 5) is 0. The normalized spacial score (nSPS) is 12.2. The minimum absolute atomic E-state index is 0.203. The van der Waals surface area contributed by atoms with E-state index in [2.05, 4.69) is 50.8 Å². The van der Waals surface area contributed by atoms with Gasteiger partial charge in [0.1, 0.15) is 0 Å². The van der Waals surface area contributed by atoms with Crippen molar-refractivity contribution in [2.75, 3.05) is 23.7 Å². The fourth-order valence-electron chi connectivity index (χ4n) is 4.78. The molecule has 0 fully saturated rings. The highest BCUT2D eigenvalue weighted by molar-refractivity contribution is 6.34. The Hall–Kier alpha value is -4.49. The summed E-state index contributed by atoms with van der Waals surface area (Å²) >= 11 is 12.6. The SMILES string of the molecule is CCCNc1n[nH]c2cc(Cl)c(-c3ccccc3)cc12.FC(F)(F)C(F)(F)C(F)(F)CNc1n[nH]c2cc(Cl)c(-c3ccccc3)cc12. The number of halogens is 9. The van der Waals surface area contributed by atoms with Gasteiger partial charge in [-0.15, -0.1) is 0 Å². The monoisotopic (exact) mass is 710 g/mol. The summed E-state index contributed by atoms with van der Waals surface area (Å²) < 4.78 is 89.8. The van der Waals surface area contributed by atoms with Crippen LogP contribution in [0.15, 0.2) is 84.9 Å². The van der Waals surface area contributed by atoms with Crippen LogP contribution < -0.4 is 10.6 Å². The number of aromatic nitrogens is 4. The van der Waals surface area contributed by atoms with Crippen LogP contribution in [0.5, 0.6) is 0 Å². The van der Waals surface area contributed by atoms with Crippen molar-refractivity contribution in [1.29, 1.82) is 0 Å². The number of hydrogen-bond acceptors (Lipinski definition) is 4. The molecule has 2 heterocycles. The molecule has 4 N–H and O–H groups in total. The van der Waals surface area contributed by atoms with Gasteiger partial charge in [0.25, 0.3) is 0 Å². The van der Waals surface area contributed by atoms with E-state index in [1.54, 1.807) is 30.3 Å². The molecule has 6 rings (SSSR count). The van der Waals surface area contributed by atoms with Crippen LogP contribution in [0.1, 0.15) is 13.3 Å². The molecular weight excluding hydrogens is 684 g/mol. The maximum atomic E-state index is 13.5. The summed E-state index contributed by atoms with van der Waals surface area (Å²) in [6.45, 7) is 1.07. The summed E-state index contributed by atoms with van der Waals surface area (Å²) in [5.74, 6) is -11.0. The quantitative estimate of drug-likeness (QED) is 0.113. The van der Waals surface area contributed by atoms with Crippen molar-refractivity contribution in [3.8, 4) is 22.3 Å². The van der Waals surface area contributed by atoms with Gasteiger partial charge in [-0.25, -0.2) is 0 Å². The first kappa shape index (κ1) is 34.8. The molecule has 0 amide bonds. The molecule has 0 aliphatic rings. The first-order valence-corrected chi connectivity index (χ1v) is 15.2. The minimum Gasteiger partial charge on any atom is -0.368 e. The molecular formula is C33H27Cl2F7N6. The lowest BCUT2D eigenvalue weighted by molar-refractivity contribution is -0.350. The molecule has 4 aromatic carbocycles. The summed E-state index contributed by atoms with van der Waals surface area (Å²) in [5, 5.41) is 21.0. The van der Waals surface area contributed by atoms with Crippen molar-refractivity contribution >= 4 is 56.6 Å². The molecule has 48 heavy (non-hydrogen) atoms. The van der Waals surface area contributed by atoms with Gasteiger partial charge in [0.15, 0.2) is 11.6 Å². The van der Waals surface area contributed by atoms with Gasteiger partial charge < -0.3 is 10.6 Å². The second-order valence-electron chi connectivity index (χ2n) is 10.7. The Labute approximate surface area is 279 Å². The van der Waals surface area contributed by atoms with Crippen molar-refractivity contribution in [1.82, 2.24) is 20.4 Å². The largest absolute Gasteiger partial charge is 0.459 e. The van der Waals surface area contributed by atoms with E-state index in [9.17, 15) is 30.7 Å². The molecule has 252 valence electrons. The third-order valence-corrected chi connectivity index (χ3v) is 7.93. The maximum absolute atomic E-state index is 13.5. The summed E-state index contributed by atoms with van der Waals surface area (Å²) in [5.41, 5.74) is 4.58. The predicted octanol–water partition coefficient (Wildman–Crippen LogP) is 10.8.